The van der Waals surface area contributed by atoms with E-state index in [1.165, 1.54) is 0 Å². The molecule has 0 fully saturated rings. The summed E-state index contributed by atoms with van der Waals surface area (Å²) in [6.45, 7) is 3.90. The Morgan fingerprint density at radius 3 is 2.81 bits per heavy atom. The highest BCUT2D eigenvalue weighted by Gasteiger charge is 2.03. The smallest absolute Gasteiger partial charge is 0.226 e. The number of thiocarbonyl (C=S) groups is 1. The maximum absolute atomic E-state index is 11.2. The predicted octanol–water partition coefficient (Wildman–Crippen LogP) is 2.00. The summed E-state index contributed by atoms with van der Waals surface area (Å²) in [5.74, 6) is 0.555. The first kappa shape index (κ1) is 12.6. The molecule has 0 unspecified atom stereocenters. The molecule has 5 heteroatoms. The van der Waals surface area contributed by atoms with Gasteiger partial charge >= 0.3 is 0 Å². The fraction of sp³-hybridized carbons (Fsp3) is 0.364. The lowest BCUT2D eigenvalue weighted by Crippen LogP contribution is -2.34. The van der Waals surface area contributed by atoms with E-state index in [1.807, 2.05) is 26.0 Å². The first-order chi connectivity index (χ1) is 7.61. The molecule has 0 saturated carbocycles. The van der Waals surface area contributed by atoms with Crippen molar-refractivity contribution < 1.29 is 4.79 Å². The second-order valence-corrected chi connectivity index (χ2v) is 3.88. The Labute approximate surface area is 100 Å². The number of nitrogens with zero attached hydrogens (tertiary/aromatic N) is 1. The highest BCUT2D eigenvalue weighted by Crippen LogP contribution is 2.03. The zero-order chi connectivity index (χ0) is 12.0. The van der Waals surface area contributed by atoms with Crippen molar-refractivity contribution in [2.45, 2.75) is 26.7 Å². The van der Waals surface area contributed by atoms with Gasteiger partial charge in [-0.15, -0.1) is 0 Å². The van der Waals surface area contributed by atoms with Gasteiger partial charge < -0.3 is 10.6 Å². The Morgan fingerprint density at radius 1 is 1.50 bits per heavy atom. The van der Waals surface area contributed by atoms with Gasteiger partial charge in [0.25, 0.3) is 0 Å². The molecule has 0 saturated heterocycles. The third-order valence-corrected chi connectivity index (χ3v) is 2.09. The Morgan fingerprint density at radius 2 is 2.25 bits per heavy atom. The van der Waals surface area contributed by atoms with Crippen LogP contribution in [0.3, 0.4) is 0 Å². The minimum atomic E-state index is -0.0767. The van der Waals surface area contributed by atoms with Crippen molar-refractivity contribution in [3.05, 3.63) is 23.9 Å². The monoisotopic (exact) mass is 237 g/mol. The molecule has 86 valence electrons. The maximum Gasteiger partial charge on any atom is 0.226 e. The third-order valence-electron chi connectivity index (χ3n) is 1.88. The fourth-order valence-corrected chi connectivity index (χ4v) is 1.32. The zero-order valence-corrected chi connectivity index (χ0v) is 10.2. The molecular formula is C11H15N3OS. The molecule has 1 heterocycles. The number of hydrogen-bond acceptors (Lipinski definition) is 3. The minimum absolute atomic E-state index is 0.0767. The van der Waals surface area contributed by atoms with Gasteiger partial charge in [-0.2, -0.15) is 0 Å². The lowest BCUT2D eigenvalue weighted by Gasteiger charge is -2.08. The van der Waals surface area contributed by atoms with E-state index in [-0.39, 0.29) is 11.0 Å². The Hall–Kier alpha value is -1.49. The largest absolute Gasteiger partial charge is 0.317 e. The maximum atomic E-state index is 11.2. The van der Waals surface area contributed by atoms with Gasteiger partial charge in [-0.05, 0) is 37.2 Å². The van der Waals surface area contributed by atoms with Crippen molar-refractivity contribution in [2.24, 2.45) is 0 Å². The van der Waals surface area contributed by atoms with Crippen LogP contribution in [-0.4, -0.2) is 16.0 Å². The Bertz CT molecular complexity index is 375. The SMILES string of the molecule is CCCC(=O)NC(=S)Nc1ccc(C)cn1. The van der Waals surface area contributed by atoms with E-state index in [1.54, 1.807) is 6.20 Å². The van der Waals surface area contributed by atoms with Gasteiger partial charge in [0.15, 0.2) is 5.11 Å². The molecule has 4 nitrogen and oxygen atoms in total. The average Bonchev–Trinajstić information content (AvgIpc) is 2.21. The molecule has 0 bridgehead atoms. The van der Waals surface area contributed by atoms with Crippen LogP contribution in [0, 0.1) is 6.92 Å². The molecule has 0 aliphatic rings. The second kappa shape index (κ2) is 6.17. The normalized spacial score (nSPS) is 9.62. The van der Waals surface area contributed by atoms with Gasteiger partial charge in [-0.25, -0.2) is 4.98 Å². The van der Waals surface area contributed by atoms with Gasteiger partial charge in [0, 0.05) is 12.6 Å². The summed E-state index contributed by atoms with van der Waals surface area (Å²) in [5, 5.41) is 5.72. The van der Waals surface area contributed by atoms with Crippen molar-refractivity contribution >= 4 is 29.1 Å². The number of amides is 1. The summed E-state index contributed by atoms with van der Waals surface area (Å²) in [7, 11) is 0. The van der Waals surface area contributed by atoms with Gasteiger partial charge in [0.2, 0.25) is 5.91 Å². The molecule has 0 aliphatic carbocycles. The molecule has 1 amide bonds. The van der Waals surface area contributed by atoms with Crippen molar-refractivity contribution in [3.63, 3.8) is 0 Å². The van der Waals surface area contributed by atoms with E-state index in [4.69, 9.17) is 12.2 Å². The Kier molecular flexibility index (Phi) is 4.85. The van der Waals surface area contributed by atoms with E-state index in [0.717, 1.165) is 12.0 Å². The van der Waals surface area contributed by atoms with Crippen LogP contribution in [0.2, 0.25) is 0 Å². The molecule has 1 rings (SSSR count). The number of anilines is 1. The van der Waals surface area contributed by atoms with Crippen LogP contribution in [0.5, 0.6) is 0 Å². The van der Waals surface area contributed by atoms with Crippen LogP contribution in [0.25, 0.3) is 0 Å². The standard InChI is InChI=1S/C11H15N3OS/c1-3-4-10(15)14-11(16)13-9-6-5-8(2)7-12-9/h5-7H,3-4H2,1-2H3,(H2,12,13,14,15,16). The van der Waals surface area contributed by atoms with Gasteiger partial charge in [0.05, 0.1) is 0 Å². The number of carbonyl (C=O) groups excluding carboxylic acids is 1. The van der Waals surface area contributed by atoms with Crippen LogP contribution in [0.1, 0.15) is 25.3 Å². The van der Waals surface area contributed by atoms with E-state index >= 15 is 0 Å². The van der Waals surface area contributed by atoms with E-state index < -0.39 is 0 Å². The van der Waals surface area contributed by atoms with Crippen LogP contribution in [0.4, 0.5) is 5.82 Å². The number of aromatic nitrogens is 1. The first-order valence-corrected chi connectivity index (χ1v) is 5.56. The van der Waals surface area contributed by atoms with Crippen LogP contribution >= 0.6 is 12.2 Å². The Balaban J connectivity index is 2.45. The summed E-state index contributed by atoms with van der Waals surface area (Å²) in [6, 6.07) is 3.74. The molecule has 1 aromatic heterocycles. The third kappa shape index (κ3) is 4.35. The second-order valence-electron chi connectivity index (χ2n) is 3.47. The topological polar surface area (TPSA) is 54.0 Å². The van der Waals surface area contributed by atoms with Gasteiger partial charge in [-0.1, -0.05) is 13.0 Å². The molecule has 2 N–H and O–H groups in total. The van der Waals surface area contributed by atoms with Gasteiger partial charge in [-0.3, -0.25) is 4.79 Å². The van der Waals surface area contributed by atoms with Crippen LogP contribution in [-0.2, 0) is 4.79 Å². The molecule has 1 aromatic rings. The van der Waals surface area contributed by atoms with Crippen molar-refractivity contribution in [1.29, 1.82) is 0 Å². The highest BCUT2D eigenvalue weighted by atomic mass is 32.1. The quantitative estimate of drug-likeness (QED) is 0.790. The molecule has 16 heavy (non-hydrogen) atoms. The highest BCUT2D eigenvalue weighted by molar-refractivity contribution is 7.80. The average molecular weight is 237 g/mol. The van der Waals surface area contributed by atoms with Crippen molar-refractivity contribution in [2.75, 3.05) is 5.32 Å². The summed E-state index contributed by atoms with van der Waals surface area (Å²) in [6.07, 6.45) is 3.01. The minimum Gasteiger partial charge on any atom is -0.317 e. The number of carbonyl (C=O) groups is 1. The molecule has 0 atom stereocenters. The number of nitrogens with one attached hydrogen (secondary N) is 2. The van der Waals surface area contributed by atoms with Crippen LogP contribution in [0.15, 0.2) is 18.3 Å². The van der Waals surface area contributed by atoms with E-state index in [2.05, 4.69) is 15.6 Å². The van der Waals surface area contributed by atoms with E-state index in [9.17, 15) is 4.79 Å². The van der Waals surface area contributed by atoms with Gasteiger partial charge in [0.1, 0.15) is 5.82 Å². The van der Waals surface area contributed by atoms with Crippen LogP contribution < -0.4 is 10.6 Å². The number of aryl methyl sites for hydroxylation is 1. The predicted molar refractivity (Wildman–Crippen MR) is 68.2 cm³/mol. The molecule has 0 aliphatic heterocycles. The lowest BCUT2D eigenvalue weighted by molar-refractivity contribution is -0.119. The number of rotatable bonds is 3. The summed E-state index contributed by atoms with van der Waals surface area (Å²) in [4.78, 5) is 15.4. The lowest BCUT2D eigenvalue weighted by atomic mass is 10.3. The first-order valence-electron chi connectivity index (χ1n) is 5.15. The van der Waals surface area contributed by atoms with Crippen molar-refractivity contribution in [3.8, 4) is 0 Å². The fourth-order valence-electron chi connectivity index (χ4n) is 1.11. The van der Waals surface area contributed by atoms with Crippen molar-refractivity contribution in [1.82, 2.24) is 10.3 Å². The molecule has 0 aromatic carbocycles. The summed E-state index contributed by atoms with van der Waals surface area (Å²) >= 11 is 4.98. The molecule has 0 spiro atoms. The zero-order valence-electron chi connectivity index (χ0n) is 9.41. The summed E-state index contributed by atoms with van der Waals surface area (Å²) < 4.78 is 0. The summed E-state index contributed by atoms with van der Waals surface area (Å²) in [5.41, 5.74) is 1.08. The number of pyridine rings is 1. The molecular weight excluding hydrogens is 222 g/mol. The van der Waals surface area contributed by atoms with E-state index in [0.29, 0.717) is 12.2 Å². The number of hydrogen-bond donors (Lipinski definition) is 2. The molecule has 0 radical (unpaired) electrons.